The van der Waals surface area contributed by atoms with Crippen LogP contribution in [0.3, 0.4) is 0 Å². The van der Waals surface area contributed by atoms with Crippen LogP contribution in [-0.2, 0) is 9.53 Å². The third kappa shape index (κ3) is 3.85. The van der Waals surface area contributed by atoms with E-state index in [0.717, 1.165) is 6.20 Å². The molecule has 1 unspecified atom stereocenters. The molecule has 2 saturated heterocycles. The van der Waals surface area contributed by atoms with E-state index in [2.05, 4.69) is 15.4 Å². The van der Waals surface area contributed by atoms with Gasteiger partial charge in [-0.25, -0.2) is 14.1 Å². The molecule has 10 nitrogen and oxygen atoms in total. The molecular formula is C19H23FN6O4. The van der Waals surface area contributed by atoms with Gasteiger partial charge in [0.15, 0.2) is 11.5 Å². The monoisotopic (exact) mass is 418 g/mol. The maximum absolute atomic E-state index is 14.6. The summed E-state index contributed by atoms with van der Waals surface area (Å²) < 4.78 is 26.8. The predicted molar refractivity (Wildman–Crippen MR) is 103 cm³/mol. The summed E-state index contributed by atoms with van der Waals surface area (Å²) in [6, 6.07) is 2.98. The Morgan fingerprint density at radius 3 is 2.73 bits per heavy atom. The van der Waals surface area contributed by atoms with Crippen molar-refractivity contribution in [2.24, 2.45) is 11.7 Å². The van der Waals surface area contributed by atoms with Gasteiger partial charge in [-0.15, -0.1) is 0 Å². The van der Waals surface area contributed by atoms with Gasteiger partial charge in [-0.05, 0) is 18.9 Å². The van der Waals surface area contributed by atoms with E-state index in [-0.39, 0.29) is 34.9 Å². The average Bonchev–Trinajstić information content (AvgIpc) is 3.43. The van der Waals surface area contributed by atoms with Crippen molar-refractivity contribution in [3.63, 3.8) is 0 Å². The van der Waals surface area contributed by atoms with Gasteiger partial charge in [0.2, 0.25) is 18.1 Å². The lowest BCUT2D eigenvalue weighted by atomic mass is 9.96. The maximum Gasteiger partial charge on any atom is 0.274 e. The smallest absolute Gasteiger partial charge is 0.274 e. The number of likely N-dealkylation sites (tertiary alicyclic amines) is 1. The van der Waals surface area contributed by atoms with Crippen molar-refractivity contribution in [1.29, 1.82) is 0 Å². The minimum Gasteiger partial charge on any atom is -0.481 e. The van der Waals surface area contributed by atoms with Crippen molar-refractivity contribution in [2.45, 2.75) is 19.2 Å². The van der Waals surface area contributed by atoms with Crippen molar-refractivity contribution in [2.75, 3.05) is 33.4 Å². The third-order valence-corrected chi connectivity index (χ3v) is 5.37. The highest BCUT2D eigenvalue weighted by atomic mass is 19.1. The number of amides is 2. The molecule has 0 bridgehead atoms. The zero-order valence-electron chi connectivity index (χ0n) is 16.5. The number of carbonyl (C=O) groups is 2. The Kier molecular flexibility index (Phi) is 5.64. The first-order valence-electron chi connectivity index (χ1n) is 9.71. The van der Waals surface area contributed by atoms with Crippen LogP contribution in [0.1, 0.15) is 29.7 Å². The van der Waals surface area contributed by atoms with Crippen LogP contribution >= 0.6 is 0 Å². The molecule has 0 saturated carbocycles. The van der Waals surface area contributed by atoms with E-state index in [0.29, 0.717) is 44.8 Å². The molecule has 2 aromatic rings. The van der Waals surface area contributed by atoms with Crippen LogP contribution in [0.5, 0.6) is 5.88 Å². The Hall–Kier alpha value is -3.05. The van der Waals surface area contributed by atoms with Crippen LogP contribution in [0.4, 0.5) is 4.39 Å². The first kappa shape index (κ1) is 20.2. The van der Waals surface area contributed by atoms with E-state index in [1.165, 1.54) is 23.9 Å². The number of aromatic nitrogens is 3. The average molecular weight is 418 g/mol. The predicted octanol–water partition coefficient (Wildman–Crippen LogP) is 0.506. The lowest BCUT2D eigenvalue weighted by molar-refractivity contribution is -0.123. The number of ether oxygens (including phenoxy) is 2. The molecular weight excluding hydrogens is 395 g/mol. The van der Waals surface area contributed by atoms with Crippen molar-refractivity contribution in [1.82, 2.24) is 25.0 Å². The second kappa shape index (κ2) is 8.36. The molecule has 4 rings (SSSR count). The molecule has 2 aliphatic rings. The topological polar surface area (TPSA) is 125 Å². The number of hydrogen-bond acceptors (Lipinski definition) is 7. The third-order valence-electron chi connectivity index (χ3n) is 5.37. The molecule has 0 aliphatic carbocycles. The molecule has 2 fully saturated rings. The van der Waals surface area contributed by atoms with Gasteiger partial charge < -0.3 is 20.1 Å². The van der Waals surface area contributed by atoms with Crippen LogP contribution in [0.25, 0.3) is 11.3 Å². The summed E-state index contributed by atoms with van der Waals surface area (Å²) in [6.45, 7) is 1.89. The van der Waals surface area contributed by atoms with E-state index in [1.807, 2.05) is 0 Å². The van der Waals surface area contributed by atoms with E-state index < -0.39 is 12.2 Å². The van der Waals surface area contributed by atoms with Crippen molar-refractivity contribution in [3.8, 4) is 17.1 Å². The van der Waals surface area contributed by atoms with E-state index in [1.54, 1.807) is 4.90 Å². The summed E-state index contributed by atoms with van der Waals surface area (Å²) in [5, 5.41) is 7.53. The highest BCUT2D eigenvalue weighted by Gasteiger charge is 2.30. The molecule has 2 amide bonds. The number of nitrogens with zero attached hydrogens (tertiary/aromatic N) is 4. The summed E-state index contributed by atoms with van der Waals surface area (Å²) in [4.78, 5) is 29.9. The first-order chi connectivity index (χ1) is 14.5. The lowest BCUT2D eigenvalue weighted by Crippen LogP contribution is -2.42. The molecule has 11 heteroatoms. The number of rotatable bonds is 5. The summed E-state index contributed by atoms with van der Waals surface area (Å²) in [7, 11) is 1.44. The van der Waals surface area contributed by atoms with Crippen LogP contribution < -0.4 is 15.8 Å². The number of methoxy groups -OCH3 is 1. The molecule has 30 heavy (non-hydrogen) atoms. The van der Waals surface area contributed by atoms with Crippen LogP contribution in [0.2, 0.25) is 0 Å². The maximum atomic E-state index is 14.6. The van der Waals surface area contributed by atoms with Crippen molar-refractivity contribution in [3.05, 3.63) is 29.8 Å². The Morgan fingerprint density at radius 2 is 2.10 bits per heavy atom. The molecule has 3 N–H and O–H groups in total. The van der Waals surface area contributed by atoms with E-state index >= 15 is 0 Å². The van der Waals surface area contributed by atoms with E-state index in [4.69, 9.17) is 15.2 Å². The molecule has 0 aromatic carbocycles. The molecule has 2 aliphatic heterocycles. The molecule has 1 atom stereocenters. The first-order valence-corrected chi connectivity index (χ1v) is 9.71. The number of nitrogens with two attached hydrogens (primary N) is 1. The number of carbonyl (C=O) groups excluding carboxylic acids is 2. The minimum absolute atomic E-state index is 0.162. The number of pyridine rings is 1. The molecule has 2 aromatic heterocycles. The summed E-state index contributed by atoms with van der Waals surface area (Å²) in [6.07, 6.45) is 1.46. The second-order valence-corrected chi connectivity index (χ2v) is 7.21. The van der Waals surface area contributed by atoms with Crippen LogP contribution in [-0.4, -0.2) is 64.8 Å². The van der Waals surface area contributed by atoms with Gasteiger partial charge in [-0.2, -0.15) is 5.10 Å². The quantitative estimate of drug-likeness (QED) is 0.725. The standard InChI is InChI=1S/C19H23FN6O4/c1-29-16-8-12(13(20)10-23-16)15-9-14(24-26(15)19-22-4-7-30-19)18(28)25-5-2-11(3-6-25)17(21)27/h8-11,19,22H,2-7H2,1H3,(H2,21,27). The Morgan fingerprint density at radius 1 is 1.33 bits per heavy atom. The Bertz CT molecular complexity index is 950. The van der Waals surface area contributed by atoms with Gasteiger partial charge in [0, 0.05) is 37.2 Å². The Labute approximate surface area is 172 Å². The van der Waals surface area contributed by atoms with Gasteiger partial charge in [0.05, 0.1) is 25.6 Å². The van der Waals surface area contributed by atoms with Gasteiger partial charge in [0.25, 0.3) is 5.91 Å². The lowest BCUT2D eigenvalue weighted by Gasteiger charge is -2.30. The van der Waals surface area contributed by atoms with Gasteiger partial charge in [-0.1, -0.05) is 0 Å². The molecule has 4 heterocycles. The Balaban J connectivity index is 1.66. The number of piperidine rings is 1. The number of primary amides is 1. The molecule has 0 radical (unpaired) electrons. The van der Waals surface area contributed by atoms with Gasteiger partial charge >= 0.3 is 0 Å². The van der Waals surface area contributed by atoms with Crippen LogP contribution in [0, 0.1) is 11.7 Å². The summed E-state index contributed by atoms with van der Waals surface area (Å²) in [5.74, 6) is -1.20. The normalized spacial score (nSPS) is 19.8. The van der Waals surface area contributed by atoms with Gasteiger partial charge in [-0.3, -0.25) is 14.9 Å². The number of hydrogen-bond donors (Lipinski definition) is 2. The second-order valence-electron chi connectivity index (χ2n) is 7.21. The van der Waals surface area contributed by atoms with Crippen LogP contribution in [0.15, 0.2) is 18.3 Å². The fourth-order valence-electron chi connectivity index (χ4n) is 3.70. The summed E-state index contributed by atoms with van der Waals surface area (Å²) in [5.41, 5.74) is 6.08. The summed E-state index contributed by atoms with van der Waals surface area (Å²) >= 11 is 0. The van der Waals surface area contributed by atoms with Crippen molar-refractivity contribution < 1.29 is 23.5 Å². The van der Waals surface area contributed by atoms with Gasteiger partial charge in [0.1, 0.15) is 0 Å². The number of nitrogens with one attached hydrogen (secondary N) is 1. The SMILES string of the molecule is COc1cc(-c2cc(C(=O)N3CCC(C(N)=O)CC3)nn2C2NCCO2)c(F)cn1. The zero-order chi connectivity index (χ0) is 21.3. The fourth-order valence-corrected chi connectivity index (χ4v) is 3.70. The highest BCUT2D eigenvalue weighted by molar-refractivity contribution is 5.93. The number of halogens is 1. The van der Waals surface area contributed by atoms with Crippen molar-refractivity contribution >= 4 is 11.8 Å². The minimum atomic E-state index is -0.624. The van der Waals surface area contributed by atoms with E-state index in [9.17, 15) is 14.0 Å². The zero-order valence-corrected chi connectivity index (χ0v) is 16.5. The largest absolute Gasteiger partial charge is 0.481 e. The highest BCUT2D eigenvalue weighted by Crippen LogP contribution is 2.30. The molecule has 0 spiro atoms. The fraction of sp³-hybridized carbons (Fsp3) is 0.474. The molecule has 160 valence electrons.